The van der Waals surface area contributed by atoms with Crippen LogP contribution in [0.4, 0.5) is 5.69 Å². The molecule has 0 spiro atoms. The van der Waals surface area contributed by atoms with Gasteiger partial charge in [-0.25, -0.2) is 0 Å². The highest BCUT2D eigenvalue weighted by molar-refractivity contribution is 7.10. The molecule has 1 unspecified atom stereocenters. The lowest BCUT2D eigenvalue weighted by molar-refractivity contribution is -0.117. The minimum atomic E-state index is -0.0878. The summed E-state index contributed by atoms with van der Waals surface area (Å²) in [7, 11) is 3.28. The van der Waals surface area contributed by atoms with Gasteiger partial charge in [0.15, 0.2) is 11.5 Å². The lowest BCUT2D eigenvalue weighted by Gasteiger charge is -2.37. The molecule has 0 fully saturated rings. The Bertz CT molecular complexity index is 1100. The van der Waals surface area contributed by atoms with Crippen LogP contribution >= 0.6 is 11.3 Å². The largest absolute Gasteiger partial charge is 0.493 e. The zero-order chi connectivity index (χ0) is 21.8. The van der Waals surface area contributed by atoms with Crippen LogP contribution in [0.15, 0.2) is 53.9 Å². The maximum absolute atomic E-state index is 12.8. The van der Waals surface area contributed by atoms with Crippen molar-refractivity contribution < 1.29 is 14.3 Å². The van der Waals surface area contributed by atoms with Crippen LogP contribution in [0.25, 0.3) is 0 Å². The maximum Gasteiger partial charge on any atom is 0.238 e. The van der Waals surface area contributed by atoms with E-state index < -0.39 is 0 Å². The quantitative estimate of drug-likeness (QED) is 0.630. The lowest BCUT2D eigenvalue weighted by atomic mass is 9.91. The van der Waals surface area contributed by atoms with E-state index in [-0.39, 0.29) is 18.5 Å². The van der Waals surface area contributed by atoms with Gasteiger partial charge in [-0.05, 0) is 65.4 Å². The third kappa shape index (κ3) is 4.41. The van der Waals surface area contributed by atoms with Crippen LogP contribution < -0.4 is 14.8 Å². The number of carbonyl (C=O) groups is 1. The normalized spacial score (nSPS) is 15.6. The Labute approximate surface area is 185 Å². The number of nitrogens with zero attached hydrogens (tertiary/aromatic N) is 2. The number of thiophene rings is 1. The van der Waals surface area contributed by atoms with Gasteiger partial charge in [-0.2, -0.15) is 5.26 Å². The van der Waals surface area contributed by atoms with Crippen molar-refractivity contribution in [3.05, 3.63) is 75.5 Å². The van der Waals surface area contributed by atoms with Crippen molar-refractivity contribution in [1.82, 2.24) is 4.90 Å². The van der Waals surface area contributed by atoms with Crippen LogP contribution in [-0.2, 0) is 11.2 Å². The molecule has 0 radical (unpaired) electrons. The highest BCUT2D eigenvalue weighted by Crippen LogP contribution is 2.42. The minimum Gasteiger partial charge on any atom is -0.493 e. The summed E-state index contributed by atoms with van der Waals surface area (Å²) in [6.45, 7) is 1.02. The smallest absolute Gasteiger partial charge is 0.238 e. The zero-order valence-corrected chi connectivity index (χ0v) is 18.2. The summed E-state index contributed by atoms with van der Waals surface area (Å²) >= 11 is 1.68. The van der Waals surface area contributed by atoms with Crippen molar-refractivity contribution in [2.24, 2.45) is 0 Å². The van der Waals surface area contributed by atoms with E-state index in [0.29, 0.717) is 17.0 Å². The summed E-state index contributed by atoms with van der Waals surface area (Å²) in [5.74, 6) is 1.32. The number of anilines is 1. The number of ether oxygens (including phenoxy) is 2. The van der Waals surface area contributed by atoms with E-state index in [4.69, 9.17) is 14.7 Å². The van der Waals surface area contributed by atoms with Crippen LogP contribution in [0.1, 0.15) is 27.6 Å². The monoisotopic (exact) mass is 433 g/mol. The number of amides is 1. The molecule has 7 heteroatoms. The Morgan fingerprint density at radius 3 is 2.58 bits per heavy atom. The fourth-order valence-corrected chi connectivity index (χ4v) is 4.84. The SMILES string of the molecule is COc1cc2c(cc1OC)C(c1cccs1)N(CC(=O)Nc1ccc(C#N)cc1)CC2. The molecule has 1 amide bonds. The molecule has 1 atom stereocenters. The molecule has 31 heavy (non-hydrogen) atoms. The fraction of sp³-hybridized carbons (Fsp3) is 0.250. The predicted octanol–water partition coefficient (Wildman–Crippen LogP) is 4.22. The van der Waals surface area contributed by atoms with Gasteiger partial charge in [-0.15, -0.1) is 11.3 Å². The molecular weight excluding hydrogens is 410 g/mol. The van der Waals surface area contributed by atoms with Gasteiger partial charge in [-0.1, -0.05) is 6.07 Å². The molecular formula is C24H23N3O3S. The third-order valence-corrected chi connectivity index (χ3v) is 6.36. The molecule has 1 aliphatic heterocycles. The van der Waals surface area contributed by atoms with E-state index in [0.717, 1.165) is 24.3 Å². The second-order valence-electron chi connectivity index (χ2n) is 7.28. The fourth-order valence-electron chi connectivity index (χ4n) is 3.96. The van der Waals surface area contributed by atoms with Crippen LogP contribution in [-0.4, -0.2) is 38.1 Å². The number of methoxy groups -OCH3 is 2. The topological polar surface area (TPSA) is 74.6 Å². The van der Waals surface area contributed by atoms with E-state index in [1.54, 1.807) is 49.8 Å². The summed E-state index contributed by atoms with van der Waals surface area (Å²) in [6.07, 6.45) is 0.821. The zero-order valence-electron chi connectivity index (χ0n) is 17.4. The van der Waals surface area contributed by atoms with Gasteiger partial charge in [0.05, 0.1) is 38.4 Å². The standard InChI is InChI=1S/C24H23N3O3S/c1-29-20-12-17-9-10-27(15-23(28)26-18-7-5-16(14-25)6-8-18)24(22-4-3-11-31-22)19(17)13-21(20)30-2/h3-8,11-13,24H,9-10,15H2,1-2H3,(H,26,28). The van der Waals surface area contributed by atoms with Crippen molar-refractivity contribution in [2.45, 2.75) is 12.5 Å². The number of carbonyl (C=O) groups excluding carboxylic acids is 1. The molecule has 1 aliphatic rings. The average Bonchev–Trinajstić information content (AvgIpc) is 3.32. The van der Waals surface area contributed by atoms with Crippen LogP contribution in [0.2, 0.25) is 0 Å². The summed E-state index contributed by atoms with van der Waals surface area (Å²) in [6, 6.07) is 17.1. The van der Waals surface area contributed by atoms with Crippen molar-refractivity contribution in [3.63, 3.8) is 0 Å². The Hall–Kier alpha value is -3.34. The third-order valence-electron chi connectivity index (χ3n) is 5.43. The molecule has 1 N–H and O–H groups in total. The number of nitriles is 1. The number of nitrogens with one attached hydrogen (secondary N) is 1. The molecule has 0 bridgehead atoms. The molecule has 2 aromatic carbocycles. The molecule has 0 saturated heterocycles. The van der Waals surface area contributed by atoms with Crippen LogP contribution in [0, 0.1) is 11.3 Å². The van der Waals surface area contributed by atoms with Gasteiger partial charge in [0.2, 0.25) is 5.91 Å². The van der Waals surface area contributed by atoms with Crippen molar-refractivity contribution >= 4 is 22.9 Å². The molecule has 0 saturated carbocycles. The molecule has 3 aromatic rings. The Balaban J connectivity index is 1.60. The highest BCUT2D eigenvalue weighted by atomic mass is 32.1. The molecule has 158 valence electrons. The number of benzene rings is 2. The molecule has 6 nitrogen and oxygen atoms in total. The van der Waals surface area contributed by atoms with Gasteiger partial charge in [0.25, 0.3) is 0 Å². The van der Waals surface area contributed by atoms with Gasteiger partial charge >= 0.3 is 0 Å². The van der Waals surface area contributed by atoms with E-state index in [1.807, 2.05) is 18.2 Å². The first-order valence-corrected chi connectivity index (χ1v) is 10.8. The maximum atomic E-state index is 12.8. The van der Waals surface area contributed by atoms with Crippen molar-refractivity contribution in [3.8, 4) is 17.6 Å². The average molecular weight is 434 g/mol. The highest BCUT2D eigenvalue weighted by Gasteiger charge is 2.32. The molecule has 4 rings (SSSR count). The second-order valence-corrected chi connectivity index (χ2v) is 8.26. The lowest BCUT2D eigenvalue weighted by Crippen LogP contribution is -2.40. The van der Waals surface area contributed by atoms with Crippen molar-refractivity contribution in [2.75, 3.05) is 32.6 Å². The number of hydrogen-bond donors (Lipinski definition) is 1. The Kier molecular flexibility index (Phi) is 6.21. The van der Waals surface area contributed by atoms with E-state index >= 15 is 0 Å². The van der Waals surface area contributed by atoms with E-state index in [2.05, 4.69) is 27.7 Å². The van der Waals surface area contributed by atoms with Gasteiger partial charge < -0.3 is 14.8 Å². The minimum absolute atomic E-state index is 0.0322. The van der Waals surface area contributed by atoms with Gasteiger partial charge in [-0.3, -0.25) is 9.69 Å². The summed E-state index contributed by atoms with van der Waals surface area (Å²) in [5, 5.41) is 13.9. The number of fused-ring (bicyclic) bond motifs is 1. The second kappa shape index (κ2) is 9.21. The molecule has 0 aliphatic carbocycles. The van der Waals surface area contributed by atoms with Crippen LogP contribution in [0.5, 0.6) is 11.5 Å². The molecule has 1 aromatic heterocycles. The summed E-state index contributed by atoms with van der Waals surface area (Å²) in [5.41, 5.74) is 3.59. The number of rotatable bonds is 6. The number of hydrogen-bond acceptors (Lipinski definition) is 6. The van der Waals surface area contributed by atoms with Crippen molar-refractivity contribution in [1.29, 1.82) is 5.26 Å². The summed E-state index contributed by atoms with van der Waals surface area (Å²) < 4.78 is 11.0. The Morgan fingerprint density at radius 1 is 1.19 bits per heavy atom. The first-order valence-electron chi connectivity index (χ1n) is 9.95. The van der Waals surface area contributed by atoms with Gasteiger partial charge in [0.1, 0.15) is 0 Å². The molecule has 2 heterocycles. The van der Waals surface area contributed by atoms with E-state index in [1.165, 1.54) is 10.4 Å². The van der Waals surface area contributed by atoms with Gasteiger partial charge in [0, 0.05) is 17.1 Å². The summed E-state index contributed by atoms with van der Waals surface area (Å²) in [4.78, 5) is 16.2. The van der Waals surface area contributed by atoms with E-state index in [9.17, 15) is 4.79 Å². The van der Waals surface area contributed by atoms with Crippen LogP contribution in [0.3, 0.4) is 0 Å². The first kappa shape index (κ1) is 20.9. The Morgan fingerprint density at radius 2 is 1.94 bits per heavy atom. The first-order chi connectivity index (χ1) is 15.1. The predicted molar refractivity (Wildman–Crippen MR) is 121 cm³/mol.